The molecule has 2 heteroatoms. The second-order valence-electron chi connectivity index (χ2n) is 3.00. The largest absolute Gasteiger partial charge is 0.412 e. The molecule has 13 heavy (non-hydrogen) atoms. The number of hydrogen-bond donors (Lipinski definition) is 1. The summed E-state index contributed by atoms with van der Waals surface area (Å²) >= 11 is 0. The summed E-state index contributed by atoms with van der Waals surface area (Å²) in [4.78, 5) is 0. The normalized spacial score (nSPS) is 15.5. The third-order valence-corrected chi connectivity index (χ3v) is 1.57. The molecule has 0 aromatic heterocycles. The Kier molecular flexibility index (Phi) is 25.6. The Morgan fingerprint density at radius 2 is 1.31 bits per heavy atom. The fourth-order valence-electron chi connectivity index (χ4n) is 1.08. The van der Waals surface area contributed by atoms with Crippen LogP contribution in [-0.4, -0.2) is 16.7 Å². The van der Waals surface area contributed by atoms with Gasteiger partial charge in [0, 0.05) is 0 Å². The zero-order valence-corrected chi connectivity index (χ0v) is 9.77. The predicted molar refractivity (Wildman–Crippen MR) is 60.0 cm³/mol. The minimum atomic E-state index is 0. The molecule has 0 aromatic carbocycles. The quantitative estimate of drug-likeness (QED) is 0.630. The van der Waals surface area contributed by atoms with Crippen molar-refractivity contribution < 1.29 is 10.6 Å². The summed E-state index contributed by atoms with van der Waals surface area (Å²) in [5.74, 6) is 0. The highest BCUT2D eigenvalue weighted by Gasteiger charge is 2.07. The van der Waals surface area contributed by atoms with Crippen LogP contribution in [0.5, 0.6) is 0 Å². The van der Waals surface area contributed by atoms with Gasteiger partial charge in [-0.05, 0) is 12.8 Å². The average Bonchev–Trinajstić information content (AvgIpc) is 2.11. The lowest BCUT2D eigenvalue weighted by atomic mass is 9.98. The average molecular weight is 192 g/mol. The van der Waals surface area contributed by atoms with E-state index in [0.717, 1.165) is 12.8 Å². The summed E-state index contributed by atoms with van der Waals surface area (Å²) in [6, 6.07) is 0. The summed E-state index contributed by atoms with van der Waals surface area (Å²) < 4.78 is 0. The maximum atomic E-state index is 8.91. The molecule has 1 aliphatic rings. The first kappa shape index (κ1) is 18.7. The Bertz CT molecular complexity index is 59.1. The molecule has 1 rings (SSSR count). The van der Waals surface area contributed by atoms with Crippen LogP contribution < -0.4 is 0 Å². The van der Waals surface area contributed by atoms with Gasteiger partial charge in [-0.25, -0.2) is 0 Å². The molecule has 0 atom stereocenters. The van der Waals surface area contributed by atoms with Crippen molar-refractivity contribution in [3.05, 3.63) is 0 Å². The Morgan fingerprint density at radius 3 is 1.46 bits per heavy atom. The van der Waals surface area contributed by atoms with E-state index in [1.54, 1.807) is 0 Å². The molecule has 1 aliphatic carbocycles. The molecular weight excluding hydrogens is 164 g/mol. The van der Waals surface area contributed by atoms with Crippen LogP contribution >= 0.6 is 0 Å². The third kappa shape index (κ3) is 18.7. The maximum absolute atomic E-state index is 8.91. The van der Waals surface area contributed by atoms with Crippen molar-refractivity contribution in [2.24, 2.45) is 0 Å². The van der Waals surface area contributed by atoms with Gasteiger partial charge in [-0.3, -0.25) is 0 Å². The van der Waals surface area contributed by atoms with Crippen molar-refractivity contribution in [2.75, 3.05) is 0 Å². The summed E-state index contributed by atoms with van der Waals surface area (Å²) in [6.45, 7) is 8.25. The lowest BCUT2D eigenvalue weighted by Crippen LogP contribution is -2.09. The van der Waals surface area contributed by atoms with E-state index in [2.05, 4.69) is 13.8 Å². The molecule has 0 amide bonds. The second kappa shape index (κ2) is 17.9. The first-order valence-electron chi connectivity index (χ1n) is 5.49. The molecule has 84 valence electrons. The van der Waals surface area contributed by atoms with Gasteiger partial charge >= 0.3 is 0 Å². The number of aliphatic hydroxyl groups is 1. The summed E-state index contributed by atoms with van der Waals surface area (Å²) in [5, 5.41) is 8.91. The fourth-order valence-corrected chi connectivity index (χ4v) is 1.08. The highest BCUT2D eigenvalue weighted by atomic mass is 16.3. The predicted octanol–water partition coefficient (Wildman–Crippen LogP) is 2.93. The van der Waals surface area contributed by atoms with Gasteiger partial charge in [0.15, 0.2) is 0 Å². The van der Waals surface area contributed by atoms with Crippen LogP contribution in [0.2, 0.25) is 0 Å². The van der Waals surface area contributed by atoms with Gasteiger partial charge < -0.3 is 10.6 Å². The third-order valence-electron chi connectivity index (χ3n) is 1.57. The van der Waals surface area contributed by atoms with Gasteiger partial charge in [-0.1, -0.05) is 53.4 Å². The minimum Gasteiger partial charge on any atom is -0.412 e. The van der Waals surface area contributed by atoms with Gasteiger partial charge in [-0.2, -0.15) is 0 Å². The van der Waals surface area contributed by atoms with Gasteiger partial charge in [0.25, 0.3) is 0 Å². The molecule has 0 spiro atoms. The molecular formula is C11H28O2. The van der Waals surface area contributed by atoms with Crippen molar-refractivity contribution in [3.63, 3.8) is 0 Å². The first-order chi connectivity index (χ1) is 5.81. The van der Waals surface area contributed by atoms with Gasteiger partial charge in [0.05, 0.1) is 6.10 Å². The number of hydrogen-bond acceptors (Lipinski definition) is 1. The van der Waals surface area contributed by atoms with E-state index in [-0.39, 0.29) is 11.6 Å². The van der Waals surface area contributed by atoms with Crippen LogP contribution in [0.1, 0.15) is 66.2 Å². The minimum absolute atomic E-state index is 0. The molecule has 0 saturated heterocycles. The second-order valence-corrected chi connectivity index (χ2v) is 3.00. The molecule has 0 unspecified atom stereocenters. The van der Waals surface area contributed by atoms with Crippen molar-refractivity contribution >= 4 is 0 Å². The van der Waals surface area contributed by atoms with Crippen molar-refractivity contribution in [3.8, 4) is 0 Å². The topological polar surface area (TPSA) is 51.7 Å². The number of rotatable bonds is 0. The molecule has 1 fully saturated rings. The summed E-state index contributed by atoms with van der Waals surface area (Å²) in [7, 11) is 0. The molecule has 3 N–H and O–H groups in total. The van der Waals surface area contributed by atoms with Crippen molar-refractivity contribution in [1.82, 2.24) is 0 Å². The van der Waals surface area contributed by atoms with Crippen LogP contribution in [0.25, 0.3) is 0 Å². The van der Waals surface area contributed by atoms with Gasteiger partial charge in [0.1, 0.15) is 0 Å². The van der Waals surface area contributed by atoms with Gasteiger partial charge in [-0.15, -0.1) is 0 Å². The Labute approximate surface area is 83.7 Å². The van der Waals surface area contributed by atoms with E-state index in [4.69, 9.17) is 5.11 Å². The van der Waals surface area contributed by atoms with Gasteiger partial charge in [0.2, 0.25) is 0 Å². The zero-order chi connectivity index (χ0) is 9.82. The monoisotopic (exact) mass is 192 g/mol. The summed E-state index contributed by atoms with van der Waals surface area (Å²) in [5.41, 5.74) is 0. The van der Waals surface area contributed by atoms with E-state index in [0.29, 0.717) is 0 Å². The Hall–Kier alpha value is -0.0800. The molecule has 1 saturated carbocycles. The zero-order valence-electron chi connectivity index (χ0n) is 9.77. The Morgan fingerprint density at radius 1 is 1.00 bits per heavy atom. The SMILES string of the molecule is CC.CCC.O.OC1CCCCC1. The smallest absolute Gasteiger partial charge is 0.0540 e. The van der Waals surface area contributed by atoms with Crippen LogP contribution in [0, 0.1) is 0 Å². The summed E-state index contributed by atoms with van der Waals surface area (Å²) in [6.07, 6.45) is 7.17. The van der Waals surface area contributed by atoms with Crippen LogP contribution in [0.15, 0.2) is 0 Å². The van der Waals surface area contributed by atoms with E-state index in [1.807, 2.05) is 13.8 Å². The molecule has 0 radical (unpaired) electrons. The highest BCUT2D eigenvalue weighted by Crippen LogP contribution is 2.16. The van der Waals surface area contributed by atoms with Crippen molar-refractivity contribution in [2.45, 2.75) is 72.3 Å². The van der Waals surface area contributed by atoms with E-state index >= 15 is 0 Å². The van der Waals surface area contributed by atoms with Crippen LogP contribution in [0.3, 0.4) is 0 Å². The Balaban J connectivity index is -0.000000146. The van der Waals surface area contributed by atoms with Crippen LogP contribution in [-0.2, 0) is 0 Å². The number of aliphatic hydroxyl groups excluding tert-OH is 1. The molecule has 0 bridgehead atoms. The van der Waals surface area contributed by atoms with E-state index < -0.39 is 0 Å². The van der Waals surface area contributed by atoms with E-state index in [9.17, 15) is 0 Å². The lowest BCUT2D eigenvalue weighted by molar-refractivity contribution is 0.130. The highest BCUT2D eigenvalue weighted by molar-refractivity contribution is 4.61. The first-order valence-corrected chi connectivity index (χ1v) is 5.49. The molecule has 2 nitrogen and oxygen atoms in total. The standard InChI is InChI=1S/C6H12O.C3H8.C2H6.H2O/c7-6-4-2-1-3-5-6;1-3-2;1-2;/h6-7H,1-5H2;3H2,1-2H3;1-2H3;1H2. The van der Waals surface area contributed by atoms with Crippen LogP contribution in [0.4, 0.5) is 0 Å². The molecule has 0 aliphatic heterocycles. The fraction of sp³-hybridized carbons (Fsp3) is 1.00. The molecule has 0 heterocycles. The maximum Gasteiger partial charge on any atom is 0.0540 e. The van der Waals surface area contributed by atoms with E-state index in [1.165, 1.54) is 25.7 Å². The lowest BCUT2D eigenvalue weighted by Gasteiger charge is -2.14. The molecule has 0 aromatic rings. The van der Waals surface area contributed by atoms with Crippen molar-refractivity contribution in [1.29, 1.82) is 0 Å².